The molecule has 0 aliphatic carbocycles. The summed E-state index contributed by atoms with van der Waals surface area (Å²) >= 11 is 0. The zero-order valence-corrected chi connectivity index (χ0v) is 31.2. The summed E-state index contributed by atoms with van der Waals surface area (Å²) in [4.78, 5) is 34.0. The summed E-state index contributed by atoms with van der Waals surface area (Å²) in [6.07, 6.45) is 1.43. The minimum Gasteiger partial charge on any atom is -0.494 e. The van der Waals surface area contributed by atoms with Gasteiger partial charge in [0.15, 0.2) is 5.75 Å². The molecule has 4 N–H and O–H groups in total. The third kappa shape index (κ3) is 7.61. The molecule has 4 aromatic carbocycles. The normalized spacial score (nSPS) is 14.0. The van der Waals surface area contributed by atoms with Gasteiger partial charge in [0.1, 0.15) is 12.9 Å². The molecule has 52 heavy (non-hydrogen) atoms. The number of amides is 2. The quantitative estimate of drug-likeness (QED) is 0.0571. The van der Waals surface area contributed by atoms with Crippen LogP contribution in [-0.2, 0) is 32.3 Å². The number of nitrogens with two attached hydrogens (primary N) is 1. The first-order valence-corrected chi connectivity index (χ1v) is 20.3. The van der Waals surface area contributed by atoms with Gasteiger partial charge in [0.2, 0.25) is 5.88 Å². The molecule has 0 spiro atoms. The fourth-order valence-corrected chi connectivity index (χ4v) is 8.31. The Kier molecular flexibility index (Phi) is 10.0. The van der Waals surface area contributed by atoms with Crippen LogP contribution in [0.25, 0.3) is 10.8 Å². The molecule has 6 rings (SSSR count). The van der Waals surface area contributed by atoms with E-state index >= 15 is 0 Å². The highest BCUT2D eigenvalue weighted by Gasteiger charge is 2.27. The lowest BCUT2D eigenvalue weighted by atomic mass is 9.86. The van der Waals surface area contributed by atoms with Crippen LogP contribution in [0.3, 0.4) is 0 Å². The molecule has 0 radical (unpaired) electrons. The van der Waals surface area contributed by atoms with Gasteiger partial charge in [-0.3, -0.25) is 4.21 Å². The van der Waals surface area contributed by atoms with Crippen molar-refractivity contribution in [3.63, 3.8) is 0 Å². The minimum absolute atomic E-state index is 0.0722. The first-order chi connectivity index (χ1) is 24.7. The number of nitroso groups, excluding NO2 is 1. The van der Waals surface area contributed by atoms with E-state index in [0.717, 1.165) is 26.9 Å². The Morgan fingerprint density at radius 3 is 2.37 bits per heavy atom. The lowest BCUT2D eigenvalue weighted by molar-refractivity contribution is 0.262. The lowest BCUT2D eigenvalue weighted by Crippen LogP contribution is -2.46. The second-order valence-corrected chi connectivity index (χ2v) is 18.2. The van der Waals surface area contributed by atoms with E-state index in [-0.39, 0.29) is 17.2 Å². The number of urea groups is 1. The number of methoxy groups -OCH3 is 1. The maximum atomic E-state index is 13.5. The van der Waals surface area contributed by atoms with Crippen molar-refractivity contribution in [3.05, 3.63) is 101 Å². The monoisotopic (exact) mass is 742 g/mol. The molecular weight excluding hydrogens is 703 g/mol. The van der Waals surface area contributed by atoms with E-state index in [1.807, 2.05) is 57.2 Å². The van der Waals surface area contributed by atoms with E-state index in [0.29, 0.717) is 56.1 Å². The van der Waals surface area contributed by atoms with Crippen molar-refractivity contribution in [3.8, 4) is 17.4 Å². The number of rotatable bonds is 10. The van der Waals surface area contributed by atoms with Crippen LogP contribution in [0.15, 0.2) is 84.3 Å². The summed E-state index contributed by atoms with van der Waals surface area (Å²) in [5.41, 5.74) is 3.69. The Balaban J connectivity index is 1.24. The molecule has 0 saturated carbocycles. The van der Waals surface area contributed by atoms with Gasteiger partial charge in [-0.15, -0.1) is 10.0 Å². The Morgan fingerprint density at radius 1 is 0.962 bits per heavy atom. The number of hydrazine groups is 2. The summed E-state index contributed by atoms with van der Waals surface area (Å²) in [6.45, 7) is 9.47. The molecule has 1 atom stereocenters. The number of carbonyl (C=O) groups excluding carboxylic acids is 1. The summed E-state index contributed by atoms with van der Waals surface area (Å²) in [5.74, 6) is 7.94. The molecule has 1 aromatic heterocycles. The van der Waals surface area contributed by atoms with Crippen molar-refractivity contribution in [1.29, 1.82) is 0 Å². The molecule has 0 bridgehead atoms. The van der Waals surface area contributed by atoms with Crippen molar-refractivity contribution >= 4 is 63.1 Å². The van der Waals surface area contributed by atoms with Crippen LogP contribution < -0.4 is 41.5 Å². The summed E-state index contributed by atoms with van der Waals surface area (Å²) in [5, 5.41) is 12.6. The fourth-order valence-electron chi connectivity index (χ4n) is 5.82. The molecule has 14 nitrogen and oxygen atoms in total. The highest BCUT2D eigenvalue weighted by molar-refractivity contribution is 7.83. The second kappa shape index (κ2) is 14.3. The first-order valence-electron chi connectivity index (χ1n) is 16.2. The molecular formula is C36H39N8O6PS. The zero-order chi connectivity index (χ0) is 37.4. The number of nitrogens with one attached hydrogen (secondary N) is 2. The average molecular weight is 743 g/mol. The number of aromatic nitrogens is 2. The Bertz CT molecular complexity index is 2270. The maximum absolute atomic E-state index is 13.5. The Labute approximate surface area is 303 Å². The van der Waals surface area contributed by atoms with Gasteiger partial charge in [0.05, 0.1) is 34.8 Å². The van der Waals surface area contributed by atoms with Crippen LogP contribution in [0, 0.1) is 4.91 Å². The number of nitrogens with zero attached hydrogens (tertiary/aromatic N) is 5. The van der Waals surface area contributed by atoms with Crippen molar-refractivity contribution < 1.29 is 23.0 Å². The summed E-state index contributed by atoms with van der Waals surface area (Å²) < 4.78 is 37.1. The van der Waals surface area contributed by atoms with Crippen LogP contribution >= 0.6 is 7.14 Å². The molecule has 2 heterocycles. The van der Waals surface area contributed by atoms with E-state index in [9.17, 15) is 18.5 Å². The molecule has 0 fully saturated rings. The minimum atomic E-state index is -2.77. The number of hydrogen-bond acceptors (Lipinski definition) is 11. The van der Waals surface area contributed by atoms with Crippen molar-refractivity contribution in [2.24, 2.45) is 11.1 Å². The van der Waals surface area contributed by atoms with Crippen LogP contribution in [0.2, 0.25) is 0 Å². The average Bonchev–Trinajstić information content (AvgIpc) is 3.48. The molecule has 1 aliphatic rings. The second-order valence-electron chi connectivity index (χ2n) is 13.6. The van der Waals surface area contributed by atoms with Gasteiger partial charge in [-0.1, -0.05) is 51.1 Å². The van der Waals surface area contributed by atoms with Crippen LogP contribution in [0.5, 0.6) is 17.4 Å². The standard InChI is InChI=1S/C36H39N8O6PS/c1-36(2,3)24-18-29(33(49-4)31(19-24)51(5,6)47)40-35(45)39-28-13-14-30(27-10-8-7-9-26(27)28)50-32-15-16-38-34(41-32)43(37)44(42-46)25-12-11-22-20-52(48)21-23(22)17-25/h7-19H,20-21,37H2,1-6H3,(H2,39,40,45). The van der Waals surface area contributed by atoms with E-state index in [1.165, 1.54) is 19.4 Å². The third-order valence-corrected chi connectivity index (χ3v) is 11.2. The molecule has 270 valence electrons. The Hall–Kier alpha value is -5.37. The van der Waals surface area contributed by atoms with Gasteiger partial charge in [0.25, 0.3) is 5.95 Å². The number of hydrogen-bond donors (Lipinski definition) is 3. The molecule has 2 amide bonds. The zero-order valence-electron chi connectivity index (χ0n) is 29.5. The smallest absolute Gasteiger partial charge is 0.323 e. The molecule has 5 aromatic rings. The van der Waals surface area contributed by atoms with Crippen molar-refractivity contribution in [2.45, 2.75) is 37.7 Å². The van der Waals surface area contributed by atoms with Crippen LogP contribution in [0.1, 0.15) is 37.5 Å². The number of ether oxygens (including phenoxy) is 2. The van der Waals surface area contributed by atoms with Gasteiger partial charge in [-0.2, -0.15) is 10.1 Å². The topological polar surface area (TPSA) is 181 Å². The summed E-state index contributed by atoms with van der Waals surface area (Å²) in [7, 11) is -2.27. The van der Waals surface area contributed by atoms with Crippen LogP contribution in [0.4, 0.5) is 27.8 Å². The van der Waals surface area contributed by atoms with Gasteiger partial charge < -0.3 is 24.7 Å². The van der Waals surface area contributed by atoms with E-state index in [4.69, 9.17) is 15.3 Å². The molecule has 1 aliphatic heterocycles. The van der Waals surface area contributed by atoms with E-state index < -0.39 is 24.0 Å². The number of carbonyl (C=O) groups is 1. The lowest BCUT2D eigenvalue weighted by Gasteiger charge is -2.25. The SMILES string of the molecule is COc1c(NC(=O)Nc2ccc(Oc3ccnc(N(N)N(N=O)c4ccc5c(c4)CS(=O)C5)n3)c3ccccc23)cc(C(C)(C)C)cc1P(C)(C)=O. The maximum Gasteiger partial charge on any atom is 0.323 e. The fraction of sp³-hybridized carbons (Fsp3) is 0.250. The van der Waals surface area contributed by atoms with E-state index in [2.05, 4.69) is 25.9 Å². The Morgan fingerprint density at radius 2 is 1.67 bits per heavy atom. The van der Waals surface area contributed by atoms with Gasteiger partial charge in [-0.25, -0.2) is 15.6 Å². The van der Waals surface area contributed by atoms with Crippen LogP contribution in [-0.4, -0.2) is 40.6 Å². The molecule has 16 heteroatoms. The first kappa shape index (κ1) is 36.4. The van der Waals surface area contributed by atoms with Gasteiger partial charge >= 0.3 is 6.03 Å². The van der Waals surface area contributed by atoms with Crippen molar-refractivity contribution in [2.75, 3.05) is 41.3 Å². The van der Waals surface area contributed by atoms with Crippen molar-refractivity contribution in [1.82, 2.24) is 9.97 Å². The largest absolute Gasteiger partial charge is 0.494 e. The molecule has 1 unspecified atom stereocenters. The highest BCUT2D eigenvalue weighted by Crippen LogP contribution is 2.43. The third-order valence-electron chi connectivity index (χ3n) is 8.47. The van der Waals surface area contributed by atoms with Gasteiger partial charge in [0, 0.05) is 45.3 Å². The highest BCUT2D eigenvalue weighted by atomic mass is 32.2. The van der Waals surface area contributed by atoms with Gasteiger partial charge in [-0.05, 0) is 71.8 Å². The molecule has 0 saturated heterocycles. The number of anilines is 4. The summed E-state index contributed by atoms with van der Waals surface area (Å²) in [6, 6.07) is 20.7. The predicted octanol–water partition coefficient (Wildman–Crippen LogP) is 7.17. The predicted molar refractivity (Wildman–Crippen MR) is 206 cm³/mol. The number of fused-ring (bicyclic) bond motifs is 2. The number of benzene rings is 4. The van der Waals surface area contributed by atoms with E-state index in [1.54, 1.807) is 43.7 Å².